The van der Waals surface area contributed by atoms with Crippen LogP contribution in [0.4, 0.5) is 11.4 Å². The molecule has 0 unspecified atom stereocenters. The number of nitrogens with zero attached hydrogens (tertiary/aromatic N) is 2. The molecular weight excluding hydrogens is 552 g/mol. The molecule has 0 heterocycles. The normalized spacial score (nSPS) is 11.6. The minimum Gasteiger partial charge on any atom is -0.733 e. The summed E-state index contributed by atoms with van der Waals surface area (Å²) in [6.45, 7) is 0. The number of hydrogen-bond donors (Lipinski definition) is 1. The second-order valence-corrected chi connectivity index (χ2v) is 9.85. The van der Waals surface area contributed by atoms with E-state index in [1.807, 2.05) is 12.1 Å². The van der Waals surface area contributed by atoms with Gasteiger partial charge in [0.15, 0.2) is 11.5 Å². The Kier molecular flexibility index (Phi) is 7.45. The van der Waals surface area contributed by atoms with Crippen molar-refractivity contribution in [3.8, 4) is 17.2 Å². The van der Waals surface area contributed by atoms with Crippen LogP contribution < -0.4 is 18.9 Å². The Morgan fingerprint density at radius 2 is 1.67 bits per heavy atom. The van der Waals surface area contributed by atoms with Crippen molar-refractivity contribution < 1.29 is 27.3 Å². The fourth-order valence-corrected chi connectivity index (χ4v) is 4.77. The van der Waals surface area contributed by atoms with Gasteiger partial charge in [0, 0.05) is 21.6 Å². The van der Waals surface area contributed by atoms with Crippen molar-refractivity contribution in [1.29, 1.82) is 0 Å². The van der Waals surface area contributed by atoms with Gasteiger partial charge < -0.3 is 24.1 Å². The van der Waals surface area contributed by atoms with E-state index >= 15 is 0 Å². The van der Waals surface area contributed by atoms with E-state index in [-0.39, 0.29) is 21.6 Å². The van der Waals surface area contributed by atoms with E-state index in [0.29, 0.717) is 22.6 Å². The quantitative estimate of drug-likeness (QED) is 0.159. The SMILES string of the molecule is COc1cc(Br)c(C=Nc2cccc3ccc(OS(=O)(=O)c4ccc(N([O-])O)cc4)cc23)cc1OC. The molecule has 0 aliphatic carbocycles. The van der Waals surface area contributed by atoms with Gasteiger partial charge in [-0.3, -0.25) is 10.2 Å². The highest BCUT2D eigenvalue weighted by molar-refractivity contribution is 9.10. The Balaban J connectivity index is 1.66. The zero-order chi connectivity index (χ0) is 25.9. The van der Waals surface area contributed by atoms with Crippen molar-refractivity contribution in [1.82, 2.24) is 0 Å². The molecule has 0 atom stereocenters. The molecule has 36 heavy (non-hydrogen) atoms. The van der Waals surface area contributed by atoms with Gasteiger partial charge in [0.1, 0.15) is 10.6 Å². The molecule has 4 rings (SSSR count). The molecule has 0 radical (unpaired) electrons. The molecular formula is C25H20BrN2O7S-. The van der Waals surface area contributed by atoms with Crippen LogP contribution in [0.3, 0.4) is 0 Å². The number of benzene rings is 4. The fraction of sp³-hybridized carbons (Fsp3) is 0.0800. The van der Waals surface area contributed by atoms with Gasteiger partial charge in [-0.25, -0.2) is 0 Å². The molecule has 0 saturated carbocycles. The molecule has 1 N–H and O–H groups in total. The first kappa shape index (κ1) is 25.5. The summed E-state index contributed by atoms with van der Waals surface area (Å²) < 4.78 is 42.2. The van der Waals surface area contributed by atoms with E-state index < -0.39 is 10.1 Å². The van der Waals surface area contributed by atoms with Gasteiger partial charge in [0.2, 0.25) is 0 Å². The van der Waals surface area contributed by atoms with Gasteiger partial charge in [-0.05, 0) is 75.9 Å². The van der Waals surface area contributed by atoms with Gasteiger partial charge in [-0.15, -0.1) is 0 Å². The first-order valence-corrected chi connectivity index (χ1v) is 12.6. The van der Waals surface area contributed by atoms with Gasteiger partial charge in [0.25, 0.3) is 0 Å². The summed E-state index contributed by atoms with van der Waals surface area (Å²) in [7, 11) is -1.08. The number of halogens is 1. The number of hydrogen-bond acceptors (Lipinski definition) is 9. The Morgan fingerprint density at radius 3 is 2.33 bits per heavy atom. The van der Waals surface area contributed by atoms with E-state index in [9.17, 15) is 13.6 Å². The number of aliphatic imine (C=N–C) groups is 1. The predicted octanol–water partition coefficient (Wildman–Crippen LogP) is 5.83. The largest absolute Gasteiger partial charge is 0.733 e. The lowest BCUT2D eigenvalue weighted by molar-refractivity contribution is 0.296. The maximum Gasteiger partial charge on any atom is 0.339 e. The van der Waals surface area contributed by atoms with E-state index in [2.05, 4.69) is 20.9 Å². The highest BCUT2D eigenvalue weighted by atomic mass is 79.9. The van der Waals surface area contributed by atoms with Crippen molar-refractivity contribution in [3.63, 3.8) is 0 Å². The predicted molar refractivity (Wildman–Crippen MR) is 140 cm³/mol. The van der Waals surface area contributed by atoms with Crippen LogP contribution in [-0.4, -0.2) is 34.1 Å². The third-order valence-corrected chi connectivity index (χ3v) is 7.18. The summed E-state index contributed by atoms with van der Waals surface area (Å²) in [5, 5.41) is 21.0. The molecule has 11 heteroatoms. The van der Waals surface area contributed by atoms with Gasteiger partial charge >= 0.3 is 10.1 Å². The molecule has 0 spiro atoms. The van der Waals surface area contributed by atoms with Crippen molar-refractivity contribution in [2.45, 2.75) is 4.90 Å². The standard InChI is InChI=1S/C25H20BrN2O7S/c1-33-24-12-17(22(26)14-25(24)34-2)15-27-23-5-3-4-16-6-9-19(13-21(16)23)35-36(31,32)20-10-7-18(8-11-20)28(29)30/h3-15,29H,1-2H3/q-1. The van der Waals surface area contributed by atoms with Crippen LogP contribution in [0.25, 0.3) is 10.8 Å². The molecule has 0 aliphatic rings. The van der Waals surface area contributed by atoms with Crippen molar-refractivity contribution in [2.75, 3.05) is 19.4 Å². The summed E-state index contributed by atoms with van der Waals surface area (Å²) in [5.74, 6) is 1.22. The van der Waals surface area contributed by atoms with Crippen LogP contribution >= 0.6 is 15.9 Å². The third-order valence-electron chi connectivity index (χ3n) is 5.23. The van der Waals surface area contributed by atoms with Crippen LogP contribution in [0.5, 0.6) is 17.2 Å². The molecule has 4 aromatic carbocycles. The molecule has 0 aromatic heterocycles. The van der Waals surface area contributed by atoms with Gasteiger partial charge in [-0.2, -0.15) is 8.42 Å². The number of methoxy groups -OCH3 is 2. The van der Waals surface area contributed by atoms with Crippen LogP contribution in [0.15, 0.2) is 87.2 Å². The Morgan fingerprint density at radius 1 is 0.972 bits per heavy atom. The maximum absolute atomic E-state index is 12.7. The molecule has 0 saturated heterocycles. The van der Waals surface area contributed by atoms with Crippen molar-refractivity contribution in [3.05, 3.63) is 88.0 Å². The van der Waals surface area contributed by atoms with Gasteiger partial charge in [0.05, 0.1) is 25.6 Å². The maximum atomic E-state index is 12.7. The lowest BCUT2D eigenvalue weighted by atomic mass is 10.1. The molecule has 0 bridgehead atoms. The Hall–Kier alpha value is -3.64. The minimum absolute atomic E-state index is 0.0918. The topological polar surface area (TPSA) is 121 Å². The molecule has 0 aliphatic heterocycles. The monoisotopic (exact) mass is 571 g/mol. The highest BCUT2D eigenvalue weighted by Gasteiger charge is 2.17. The summed E-state index contributed by atoms with van der Waals surface area (Å²) in [5.41, 5.74) is 1.24. The first-order valence-electron chi connectivity index (χ1n) is 10.4. The molecule has 0 amide bonds. The Labute approximate surface area is 216 Å². The smallest absolute Gasteiger partial charge is 0.339 e. The lowest BCUT2D eigenvalue weighted by Gasteiger charge is -2.21. The average Bonchev–Trinajstić information content (AvgIpc) is 2.87. The number of anilines is 1. The van der Waals surface area contributed by atoms with Gasteiger partial charge in [-0.1, -0.05) is 18.2 Å². The number of fused-ring (bicyclic) bond motifs is 1. The second-order valence-electron chi connectivity index (χ2n) is 7.45. The van der Waals surface area contributed by atoms with Crippen molar-refractivity contribution >= 4 is 54.4 Å². The summed E-state index contributed by atoms with van der Waals surface area (Å²) in [4.78, 5) is 4.44. The van der Waals surface area contributed by atoms with E-state index in [1.165, 1.54) is 24.3 Å². The molecule has 0 fully saturated rings. The molecule has 186 valence electrons. The van der Waals surface area contributed by atoms with Crippen molar-refractivity contribution in [2.24, 2.45) is 4.99 Å². The fourth-order valence-electron chi connectivity index (χ4n) is 3.42. The molecule has 9 nitrogen and oxygen atoms in total. The number of rotatable bonds is 8. The third kappa shape index (κ3) is 5.44. The Bertz CT molecular complexity index is 1540. The second kappa shape index (κ2) is 10.5. The molecule has 4 aromatic rings. The first-order chi connectivity index (χ1) is 17.2. The minimum atomic E-state index is -4.19. The average molecular weight is 572 g/mol. The van der Waals surface area contributed by atoms with Crippen LogP contribution in [0.2, 0.25) is 0 Å². The summed E-state index contributed by atoms with van der Waals surface area (Å²) >= 11 is 3.51. The zero-order valence-corrected chi connectivity index (χ0v) is 21.5. The summed E-state index contributed by atoms with van der Waals surface area (Å²) in [6, 6.07) is 18.6. The van der Waals surface area contributed by atoms with E-state index in [1.54, 1.807) is 56.8 Å². The number of ether oxygens (including phenoxy) is 2. The van der Waals surface area contributed by atoms with Crippen LogP contribution in [0, 0.1) is 5.21 Å². The summed E-state index contributed by atoms with van der Waals surface area (Å²) in [6.07, 6.45) is 1.66. The zero-order valence-electron chi connectivity index (χ0n) is 19.1. The van der Waals surface area contributed by atoms with Crippen LogP contribution in [-0.2, 0) is 10.1 Å². The highest BCUT2D eigenvalue weighted by Crippen LogP contribution is 2.34. The van der Waals surface area contributed by atoms with Crippen LogP contribution in [0.1, 0.15) is 5.56 Å². The lowest BCUT2D eigenvalue weighted by Crippen LogP contribution is -2.11. The van der Waals surface area contributed by atoms with E-state index in [4.69, 9.17) is 18.9 Å². The van der Waals surface area contributed by atoms with E-state index in [0.717, 1.165) is 15.4 Å².